The zero-order chi connectivity index (χ0) is 16.3. The van der Waals surface area contributed by atoms with E-state index in [1.807, 2.05) is 26.0 Å². The molecule has 1 saturated heterocycles. The number of carbonyl (C=O) groups is 2. The zero-order valence-corrected chi connectivity index (χ0v) is 13.7. The van der Waals surface area contributed by atoms with Crippen LogP contribution in [0.2, 0.25) is 5.02 Å². The van der Waals surface area contributed by atoms with Crippen molar-refractivity contribution in [3.8, 4) is 0 Å². The van der Waals surface area contributed by atoms with Gasteiger partial charge >= 0.3 is 5.97 Å². The van der Waals surface area contributed by atoms with Gasteiger partial charge in [-0.3, -0.25) is 9.59 Å². The highest BCUT2D eigenvalue weighted by atomic mass is 35.5. The van der Waals surface area contributed by atoms with Gasteiger partial charge in [-0.15, -0.1) is 0 Å². The van der Waals surface area contributed by atoms with Crippen LogP contribution in [0.1, 0.15) is 38.2 Å². The number of carboxylic acids is 1. The fraction of sp³-hybridized carbons (Fsp3) is 0.529. The molecule has 1 atom stereocenters. The monoisotopic (exact) mass is 323 g/mol. The van der Waals surface area contributed by atoms with Crippen LogP contribution in [0.5, 0.6) is 0 Å². The fourth-order valence-corrected chi connectivity index (χ4v) is 3.15. The van der Waals surface area contributed by atoms with Crippen LogP contribution in [0.3, 0.4) is 0 Å². The van der Waals surface area contributed by atoms with Gasteiger partial charge in [0.15, 0.2) is 0 Å². The number of carbonyl (C=O) groups excluding carboxylic acids is 1. The molecule has 2 rings (SSSR count). The van der Waals surface area contributed by atoms with Crippen molar-refractivity contribution in [2.45, 2.75) is 32.6 Å². The third-order valence-electron chi connectivity index (χ3n) is 4.32. The quantitative estimate of drug-likeness (QED) is 0.923. The van der Waals surface area contributed by atoms with Gasteiger partial charge in [0.25, 0.3) is 0 Å². The van der Waals surface area contributed by atoms with Crippen LogP contribution in [-0.2, 0) is 9.59 Å². The molecular formula is C17H22ClNO3. The lowest BCUT2D eigenvalue weighted by molar-refractivity contribution is -0.146. The Morgan fingerprint density at radius 2 is 1.73 bits per heavy atom. The van der Waals surface area contributed by atoms with Crippen molar-refractivity contribution in [1.82, 2.24) is 4.90 Å². The molecule has 22 heavy (non-hydrogen) atoms. The predicted octanol–water partition coefficient (Wildman–Crippen LogP) is 3.40. The average molecular weight is 324 g/mol. The molecule has 0 bridgehead atoms. The topological polar surface area (TPSA) is 57.6 Å². The van der Waals surface area contributed by atoms with Gasteiger partial charge in [-0.05, 0) is 36.5 Å². The number of halogens is 1. The third-order valence-corrected chi connectivity index (χ3v) is 4.57. The van der Waals surface area contributed by atoms with Gasteiger partial charge in [-0.25, -0.2) is 0 Å². The highest BCUT2D eigenvalue weighted by Crippen LogP contribution is 2.29. The third kappa shape index (κ3) is 3.80. The summed E-state index contributed by atoms with van der Waals surface area (Å²) >= 11 is 5.92. The first-order chi connectivity index (χ1) is 10.4. The summed E-state index contributed by atoms with van der Waals surface area (Å²) in [7, 11) is 0. The summed E-state index contributed by atoms with van der Waals surface area (Å²) in [6.45, 7) is 5.10. The molecule has 0 radical (unpaired) electrons. The molecule has 1 heterocycles. The van der Waals surface area contributed by atoms with Crippen molar-refractivity contribution in [2.24, 2.45) is 11.8 Å². The van der Waals surface area contributed by atoms with Crippen LogP contribution in [0, 0.1) is 11.8 Å². The summed E-state index contributed by atoms with van der Waals surface area (Å²) in [5.41, 5.74) is 0.963. The van der Waals surface area contributed by atoms with Crippen molar-refractivity contribution in [2.75, 3.05) is 13.1 Å². The summed E-state index contributed by atoms with van der Waals surface area (Å²) in [6.07, 6.45) is 1.07. The SMILES string of the molecule is CC(C)[C@H](C(=O)N1CCC(C(=O)O)CC1)c1ccc(Cl)cc1. The van der Waals surface area contributed by atoms with Crippen molar-refractivity contribution >= 4 is 23.5 Å². The molecule has 1 aromatic rings. The summed E-state index contributed by atoms with van der Waals surface area (Å²) in [5.74, 6) is -1.03. The van der Waals surface area contributed by atoms with Crippen LogP contribution < -0.4 is 0 Å². The van der Waals surface area contributed by atoms with Gasteiger partial charge < -0.3 is 10.0 Å². The van der Waals surface area contributed by atoms with Gasteiger partial charge in [0.2, 0.25) is 5.91 Å². The van der Waals surface area contributed by atoms with E-state index in [0.717, 1.165) is 5.56 Å². The van der Waals surface area contributed by atoms with E-state index in [2.05, 4.69) is 0 Å². The van der Waals surface area contributed by atoms with E-state index in [9.17, 15) is 9.59 Å². The van der Waals surface area contributed by atoms with E-state index in [0.29, 0.717) is 31.0 Å². The van der Waals surface area contributed by atoms with Crippen LogP contribution in [0.4, 0.5) is 0 Å². The molecule has 0 saturated carbocycles. The van der Waals surface area contributed by atoms with E-state index in [4.69, 9.17) is 16.7 Å². The number of nitrogens with zero attached hydrogens (tertiary/aromatic N) is 1. The van der Waals surface area contributed by atoms with E-state index in [-0.39, 0.29) is 23.7 Å². The molecule has 1 fully saturated rings. The minimum atomic E-state index is -0.759. The molecule has 5 heteroatoms. The Hall–Kier alpha value is -1.55. The number of rotatable bonds is 4. The van der Waals surface area contributed by atoms with E-state index >= 15 is 0 Å². The molecular weight excluding hydrogens is 302 g/mol. The Bertz CT molecular complexity index is 533. The smallest absolute Gasteiger partial charge is 0.306 e. The molecule has 1 aliphatic heterocycles. The van der Waals surface area contributed by atoms with Crippen LogP contribution in [0.15, 0.2) is 24.3 Å². The summed E-state index contributed by atoms with van der Waals surface area (Å²) in [5, 5.41) is 9.70. The van der Waals surface area contributed by atoms with Crippen LogP contribution in [0.25, 0.3) is 0 Å². The molecule has 120 valence electrons. The molecule has 1 amide bonds. The summed E-state index contributed by atoms with van der Waals surface area (Å²) in [4.78, 5) is 25.7. The van der Waals surface area contributed by atoms with Crippen molar-refractivity contribution in [3.63, 3.8) is 0 Å². The van der Waals surface area contributed by atoms with Crippen molar-refractivity contribution in [1.29, 1.82) is 0 Å². The molecule has 1 N–H and O–H groups in total. The van der Waals surface area contributed by atoms with Crippen molar-refractivity contribution < 1.29 is 14.7 Å². The number of hydrogen-bond donors (Lipinski definition) is 1. The maximum atomic E-state index is 12.8. The lowest BCUT2D eigenvalue weighted by atomic mass is 9.86. The second kappa shape index (κ2) is 7.14. The van der Waals surface area contributed by atoms with Crippen molar-refractivity contribution in [3.05, 3.63) is 34.9 Å². The zero-order valence-electron chi connectivity index (χ0n) is 13.0. The Morgan fingerprint density at radius 3 is 2.18 bits per heavy atom. The standard InChI is InChI=1S/C17H22ClNO3/c1-11(2)15(12-3-5-14(18)6-4-12)16(20)19-9-7-13(8-10-19)17(21)22/h3-6,11,13,15H,7-10H2,1-2H3,(H,21,22)/t15-/m0/s1. The molecule has 0 unspecified atom stereocenters. The Kier molecular flexibility index (Phi) is 5.46. The summed E-state index contributed by atoms with van der Waals surface area (Å²) in [6, 6.07) is 7.40. The number of amides is 1. The largest absolute Gasteiger partial charge is 0.481 e. The number of benzene rings is 1. The number of piperidine rings is 1. The number of likely N-dealkylation sites (tertiary alicyclic amines) is 1. The van der Waals surface area contributed by atoms with Gasteiger partial charge in [-0.1, -0.05) is 37.6 Å². The van der Waals surface area contributed by atoms with Gasteiger partial charge in [0.1, 0.15) is 0 Å². The van der Waals surface area contributed by atoms with Gasteiger partial charge in [-0.2, -0.15) is 0 Å². The van der Waals surface area contributed by atoms with Gasteiger partial charge in [0, 0.05) is 18.1 Å². The van der Waals surface area contributed by atoms with Gasteiger partial charge in [0.05, 0.1) is 11.8 Å². The molecule has 0 aromatic heterocycles. The lowest BCUT2D eigenvalue weighted by Gasteiger charge is -2.34. The Labute approximate surface area is 136 Å². The minimum absolute atomic E-state index is 0.0844. The predicted molar refractivity (Wildman–Crippen MR) is 86.0 cm³/mol. The first kappa shape index (κ1) is 16.8. The van der Waals surface area contributed by atoms with E-state index < -0.39 is 5.97 Å². The highest BCUT2D eigenvalue weighted by Gasteiger charge is 2.32. The van der Waals surface area contributed by atoms with Crippen LogP contribution >= 0.6 is 11.6 Å². The summed E-state index contributed by atoms with van der Waals surface area (Å²) < 4.78 is 0. The number of carboxylic acid groups (broad SMARTS) is 1. The van der Waals surface area contributed by atoms with E-state index in [1.54, 1.807) is 17.0 Å². The maximum Gasteiger partial charge on any atom is 0.306 e. The number of aliphatic carboxylic acids is 1. The molecule has 1 aliphatic rings. The molecule has 4 nitrogen and oxygen atoms in total. The normalized spacial score (nSPS) is 17.5. The first-order valence-corrected chi connectivity index (χ1v) is 8.05. The minimum Gasteiger partial charge on any atom is -0.481 e. The maximum absolute atomic E-state index is 12.8. The fourth-order valence-electron chi connectivity index (χ4n) is 3.03. The molecule has 1 aromatic carbocycles. The Morgan fingerprint density at radius 1 is 1.18 bits per heavy atom. The Balaban J connectivity index is 2.11. The van der Waals surface area contributed by atoms with Crippen LogP contribution in [-0.4, -0.2) is 35.0 Å². The molecule has 0 spiro atoms. The highest BCUT2D eigenvalue weighted by molar-refractivity contribution is 6.30. The lowest BCUT2D eigenvalue weighted by Crippen LogP contribution is -2.43. The second-order valence-electron chi connectivity index (χ2n) is 6.21. The number of hydrogen-bond acceptors (Lipinski definition) is 2. The molecule has 0 aliphatic carbocycles. The van der Waals surface area contributed by atoms with E-state index in [1.165, 1.54) is 0 Å². The second-order valence-corrected chi connectivity index (χ2v) is 6.65. The first-order valence-electron chi connectivity index (χ1n) is 7.67. The average Bonchev–Trinajstić information content (AvgIpc) is 2.49.